The Morgan fingerprint density at radius 2 is 2.00 bits per heavy atom. The Hall–Kier alpha value is -0.540. The van der Waals surface area contributed by atoms with Crippen LogP contribution in [0.5, 0.6) is 0 Å². The van der Waals surface area contributed by atoms with Crippen molar-refractivity contribution >= 4 is 34.5 Å². The highest BCUT2D eigenvalue weighted by atomic mass is 35.5. The van der Waals surface area contributed by atoms with Gasteiger partial charge in [0.1, 0.15) is 0 Å². The van der Waals surface area contributed by atoms with Crippen molar-refractivity contribution in [2.24, 2.45) is 5.73 Å². The van der Waals surface area contributed by atoms with E-state index < -0.39 is 0 Å². The minimum absolute atomic E-state index is 0.0864. The fourth-order valence-electron chi connectivity index (χ4n) is 1.75. The zero-order chi connectivity index (χ0) is 12.3. The number of hydrogen-bond acceptors (Lipinski definition) is 2. The van der Waals surface area contributed by atoms with Gasteiger partial charge in [0.15, 0.2) is 0 Å². The number of hydrogen-bond donors (Lipinski definition) is 1. The van der Waals surface area contributed by atoms with Crippen molar-refractivity contribution in [3.63, 3.8) is 0 Å². The van der Waals surface area contributed by atoms with E-state index in [4.69, 9.17) is 28.9 Å². The smallest absolute Gasteiger partial charge is 0.0453 e. The predicted molar refractivity (Wildman–Crippen MR) is 76.2 cm³/mol. The van der Waals surface area contributed by atoms with E-state index in [2.05, 4.69) is 16.8 Å². The maximum Gasteiger partial charge on any atom is 0.0453 e. The average Bonchev–Trinajstić information content (AvgIpc) is 2.75. The van der Waals surface area contributed by atoms with E-state index in [9.17, 15) is 0 Å². The van der Waals surface area contributed by atoms with Crippen LogP contribution in [0.15, 0.2) is 35.0 Å². The molecule has 2 aromatic rings. The van der Waals surface area contributed by atoms with E-state index >= 15 is 0 Å². The van der Waals surface area contributed by atoms with Gasteiger partial charge in [-0.05, 0) is 52.9 Å². The van der Waals surface area contributed by atoms with Crippen LogP contribution in [-0.2, 0) is 12.8 Å². The summed E-state index contributed by atoms with van der Waals surface area (Å²) < 4.78 is 0. The molecule has 17 heavy (non-hydrogen) atoms. The third kappa shape index (κ3) is 3.71. The lowest BCUT2D eigenvalue weighted by molar-refractivity contribution is 0.666. The predicted octanol–water partition coefficient (Wildman–Crippen LogP) is 4.17. The van der Waals surface area contributed by atoms with Gasteiger partial charge in [0.2, 0.25) is 0 Å². The molecule has 1 atom stereocenters. The van der Waals surface area contributed by atoms with Crippen LogP contribution in [0.4, 0.5) is 0 Å². The molecule has 0 saturated heterocycles. The highest BCUT2D eigenvalue weighted by Crippen LogP contribution is 2.22. The van der Waals surface area contributed by atoms with Crippen LogP contribution >= 0.6 is 34.5 Å². The Morgan fingerprint density at radius 3 is 2.65 bits per heavy atom. The largest absolute Gasteiger partial charge is 0.327 e. The molecule has 0 radical (unpaired) electrons. The third-order valence-electron chi connectivity index (χ3n) is 2.58. The summed E-state index contributed by atoms with van der Waals surface area (Å²) in [6.45, 7) is 0. The summed E-state index contributed by atoms with van der Waals surface area (Å²) in [4.78, 5) is 0. The molecule has 1 aromatic heterocycles. The minimum Gasteiger partial charge on any atom is -0.327 e. The van der Waals surface area contributed by atoms with Gasteiger partial charge in [0.05, 0.1) is 0 Å². The van der Waals surface area contributed by atoms with Crippen LogP contribution < -0.4 is 5.73 Å². The molecule has 0 amide bonds. The molecule has 1 aromatic carbocycles. The monoisotopic (exact) mass is 285 g/mol. The molecule has 0 aliphatic heterocycles. The molecule has 0 fully saturated rings. The Morgan fingerprint density at radius 1 is 1.18 bits per heavy atom. The van der Waals surface area contributed by atoms with Crippen LogP contribution in [0, 0.1) is 0 Å². The number of halogens is 2. The number of thiophene rings is 1. The molecule has 0 bridgehead atoms. The summed E-state index contributed by atoms with van der Waals surface area (Å²) in [6.07, 6.45) is 1.65. The molecule has 1 unspecified atom stereocenters. The summed E-state index contributed by atoms with van der Waals surface area (Å²) in [5, 5.41) is 5.55. The first-order valence-electron chi connectivity index (χ1n) is 5.36. The van der Waals surface area contributed by atoms with E-state index in [0.717, 1.165) is 18.4 Å². The van der Waals surface area contributed by atoms with Gasteiger partial charge in [0.25, 0.3) is 0 Å². The standard InChI is InChI=1S/C13H13Cl2NS/c14-11-2-1-10(13(15)7-11)6-12(16)5-9-3-4-17-8-9/h1-4,7-8,12H,5-6,16H2. The molecule has 1 heterocycles. The van der Waals surface area contributed by atoms with Crippen LogP contribution in [0.3, 0.4) is 0 Å². The van der Waals surface area contributed by atoms with Crippen molar-refractivity contribution < 1.29 is 0 Å². The maximum atomic E-state index is 6.12. The second-order valence-corrected chi connectivity index (χ2v) is 5.66. The van der Waals surface area contributed by atoms with Gasteiger partial charge in [0, 0.05) is 16.1 Å². The van der Waals surface area contributed by atoms with Crippen LogP contribution in [0.25, 0.3) is 0 Å². The molecule has 0 spiro atoms. The van der Waals surface area contributed by atoms with Crippen molar-refractivity contribution in [3.8, 4) is 0 Å². The highest BCUT2D eigenvalue weighted by Gasteiger charge is 2.09. The first-order valence-corrected chi connectivity index (χ1v) is 7.05. The van der Waals surface area contributed by atoms with Crippen molar-refractivity contribution in [1.82, 2.24) is 0 Å². The summed E-state index contributed by atoms with van der Waals surface area (Å²) >= 11 is 13.7. The summed E-state index contributed by atoms with van der Waals surface area (Å²) in [5.74, 6) is 0. The second-order valence-electron chi connectivity index (χ2n) is 4.04. The van der Waals surface area contributed by atoms with Gasteiger partial charge in [-0.1, -0.05) is 29.3 Å². The second kappa shape index (κ2) is 5.87. The first kappa shape index (κ1) is 12.9. The summed E-state index contributed by atoms with van der Waals surface area (Å²) in [6, 6.07) is 7.74. The van der Waals surface area contributed by atoms with Crippen molar-refractivity contribution in [1.29, 1.82) is 0 Å². The van der Waals surface area contributed by atoms with Gasteiger partial charge in [-0.3, -0.25) is 0 Å². The molecule has 4 heteroatoms. The van der Waals surface area contributed by atoms with E-state index in [-0.39, 0.29) is 6.04 Å². The molecular formula is C13H13Cl2NS. The van der Waals surface area contributed by atoms with Crippen molar-refractivity contribution in [2.45, 2.75) is 18.9 Å². The lowest BCUT2D eigenvalue weighted by Gasteiger charge is -2.12. The normalized spacial score (nSPS) is 12.6. The third-order valence-corrected chi connectivity index (χ3v) is 3.89. The Kier molecular flexibility index (Phi) is 4.46. The van der Waals surface area contributed by atoms with E-state index in [1.807, 2.05) is 12.1 Å². The van der Waals surface area contributed by atoms with Gasteiger partial charge in [-0.2, -0.15) is 11.3 Å². The lowest BCUT2D eigenvalue weighted by Crippen LogP contribution is -2.25. The number of rotatable bonds is 4. The van der Waals surface area contributed by atoms with E-state index in [0.29, 0.717) is 10.0 Å². The minimum atomic E-state index is 0.0864. The zero-order valence-electron chi connectivity index (χ0n) is 9.20. The van der Waals surface area contributed by atoms with Crippen molar-refractivity contribution in [3.05, 3.63) is 56.2 Å². The van der Waals surface area contributed by atoms with Gasteiger partial charge >= 0.3 is 0 Å². The molecule has 0 aliphatic rings. The molecular weight excluding hydrogens is 273 g/mol. The lowest BCUT2D eigenvalue weighted by atomic mass is 10.0. The van der Waals surface area contributed by atoms with E-state index in [1.165, 1.54) is 5.56 Å². The summed E-state index contributed by atoms with van der Waals surface area (Å²) in [7, 11) is 0. The summed E-state index contributed by atoms with van der Waals surface area (Å²) in [5.41, 5.74) is 8.46. The Labute approximate surface area is 115 Å². The van der Waals surface area contributed by atoms with Crippen LogP contribution in [0.2, 0.25) is 10.0 Å². The number of nitrogens with two attached hydrogens (primary N) is 1. The SMILES string of the molecule is NC(Cc1ccsc1)Cc1ccc(Cl)cc1Cl. The molecule has 2 rings (SSSR count). The Bertz CT molecular complexity index is 482. The quantitative estimate of drug-likeness (QED) is 0.897. The average molecular weight is 286 g/mol. The molecule has 0 saturated carbocycles. The van der Waals surface area contributed by atoms with Gasteiger partial charge in [-0.25, -0.2) is 0 Å². The van der Waals surface area contributed by atoms with Crippen LogP contribution in [0.1, 0.15) is 11.1 Å². The zero-order valence-corrected chi connectivity index (χ0v) is 11.5. The topological polar surface area (TPSA) is 26.0 Å². The first-order chi connectivity index (χ1) is 8.15. The molecule has 0 aliphatic carbocycles. The van der Waals surface area contributed by atoms with Crippen LogP contribution in [-0.4, -0.2) is 6.04 Å². The molecule has 90 valence electrons. The fourth-order valence-corrected chi connectivity index (χ4v) is 2.92. The number of benzene rings is 1. The van der Waals surface area contributed by atoms with Crippen molar-refractivity contribution in [2.75, 3.05) is 0 Å². The highest BCUT2D eigenvalue weighted by molar-refractivity contribution is 7.07. The van der Waals surface area contributed by atoms with Gasteiger partial charge < -0.3 is 5.73 Å². The Balaban J connectivity index is 2.00. The fraction of sp³-hybridized carbons (Fsp3) is 0.231. The van der Waals surface area contributed by atoms with E-state index in [1.54, 1.807) is 17.4 Å². The van der Waals surface area contributed by atoms with Gasteiger partial charge in [-0.15, -0.1) is 0 Å². The molecule has 1 nitrogen and oxygen atoms in total. The maximum absolute atomic E-state index is 6.12. The molecule has 2 N–H and O–H groups in total.